The number of carbonyl (C=O) groups excluding carboxylic acids is 1. The van der Waals surface area contributed by atoms with Crippen LogP contribution in [0.2, 0.25) is 0 Å². The molecule has 5 heteroatoms. The zero-order valence-corrected chi connectivity index (χ0v) is 13.4. The van der Waals surface area contributed by atoms with Crippen LogP contribution >= 0.6 is 0 Å². The van der Waals surface area contributed by atoms with Crippen LogP contribution in [-0.2, 0) is 4.79 Å². The minimum absolute atomic E-state index is 0.0386. The van der Waals surface area contributed by atoms with E-state index in [-0.39, 0.29) is 11.9 Å². The van der Waals surface area contributed by atoms with Crippen molar-refractivity contribution in [3.05, 3.63) is 48.2 Å². The van der Waals surface area contributed by atoms with Crippen molar-refractivity contribution in [3.8, 4) is 11.6 Å². The van der Waals surface area contributed by atoms with Gasteiger partial charge in [-0.3, -0.25) is 4.79 Å². The number of aromatic nitrogens is 1. The van der Waals surface area contributed by atoms with Gasteiger partial charge < -0.3 is 15.4 Å². The molecule has 0 saturated heterocycles. The van der Waals surface area contributed by atoms with Crippen LogP contribution in [0.3, 0.4) is 0 Å². The molecule has 0 aliphatic heterocycles. The van der Waals surface area contributed by atoms with Gasteiger partial charge in [0.05, 0.1) is 0 Å². The first kappa shape index (κ1) is 15.3. The van der Waals surface area contributed by atoms with E-state index in [0.717, 1.165) is 24.1 Å². The normalized spacial score (nSPS) is 14.9. The van der Waals surface area contributed by atoms with E-state index in [1.54, 1.807) is 6.20 Å². The maximum Gasteiger partial charge on any atom is 0.242 e. The Morgan fingerprint density at radius 2 is 1.96 bits per heavy atom. The number of hydrogen-bond acceptors (Lipinski definition) is 4. The molecule has 0 bridgehead atoms. The van der Waals surface area contributed by atoms with Gasteiger partial charge in [-0.1, -0.05) is 6.07 Å². The van der Waals surface area contributed by atoms with E-state index >= 15 is 0 Å². The molecule has 2 aromatic rings. The van der Waals surface area contributed by atoms with Crippen molar-refractivity contribution >= 4 is 11.6 Å². The molecule has 1 atom stereocenters. The molecule has 1 saturated carbocycles. The van der Waals surface area contributed by atoms with E-state index in [0.29, 0.717) is 17.7 Å². The number of aryl methyl sites for hydroxylation is 1. The van der Waals surface area contributed by atoms with Crippen LogP contribution in [-0.4, -0.2) is 23.0 Å². The Kier molecular flexibility index (Phi) is 4.46. The number of rotatable bonds is 6. The third kappa shape index (κ3) is 4.45. The second kappa shape index (κ2) is 6.69. The van der Waals surface area contributed by atoms with Gasteiger partial charge in [0.25, 0.3) is 0 Å². The zero-order valence-electron chi connectivity index (χ0n) is 13.4. The highest BCUT2D eigenvalue weighted by Crippen LogP contribution is 2.22. The summed E-state index contributed by atoms with van der Waals surface area (Å²) in [5, 5.41) is 6.18. The molecule has 1 aliphatic rings. The topological polar surface area (TPSA) is 63.2 Å². The second-order valence-electron chi connectivity index (χ2n) is 5.95. The molecule has 0 unspecified atom stereocenters. The van der Waals surface area contributed by atoms with E-state index in [9.17, 15) is 4.79 Å². The molecular weight excluding hydrogens is 290 g/mol. The molecule has 1 heterocycles. The predicted octanol–water partition coefficient (Wildman–Crippen LogP) is 3.26. The van der Waals surface area contributed by atoms with Gasteiger partial charge in [-0.25, -0.2) is 4.98 Å². The van der Waals surface area contributed by atoms with Gasteiger partial charge in [-0.15, -0.1) is 0 Å². The summed E-state index contributed by atoms with van der Waals surface area (Å²) in [7, 11) is 0. The Morgan fingerprint density at radius 1 is 1.22 bits per heavy atom. The number of nitrogens with zero attached hydrogens (tertiary/aromatic N) is 1. The summed E-state index contributed by atoms with van der Waals surface area (Å²) in [6, 6.07) is 11.4. The summed E-state index contributed by atoms with van der Waals surface area (Å²) in [6.45, 7) is 3.84. The first-order valence-electron chi connectivity index (χ1n) is 7.87. The minimum Gasteiger partial charge on any atom is -0.439 e. The maximum absolute atomic E-state index is 11.9. The molecule has 3 rings (SSSR count). The van der Waals surface area contributed by atoms with Crippen molar-refractivity contribution < 1.29 is 9.53 Å². The monoisotopic (exact) mass is 311 g/mol. The van der Waals surface area contributed by atoms with Gasteiger partial charge in [0.2, 0.25) is 11.8 Å². The van der Waals surface area contributed by atoms with Gasteiger partial charge in [0, 0.05) is 24.0 Å². The fourth-order valence-electron chi connectivity index (χ4n) is 2.12. The SMILES string of the molecule is Cc1ccc(Oc2ccc(N[C@H](C)C(=O)NC3CC3)cc2)nc1. The summed E-state index contributed by atoms with van der Waals surface area (Å²) < 4.78 is 5.68. The number of ether oxygens (including phenoxy) is 1. The van der Waals surface area contributed by atoms with Crippen LogP contribution in [0.1, 0.15) is 25.3 Å². The maximum atomic E-state index is 11.9. The number of pyridine rings is 1. The highest BCUT2D eigenvalue weighted by atomic mass is 16.5. The van der Waals surface area contributed by atoms with Crippen molar-refractivity contribution in [2.75, 3.05) is 5.32 Å². The molecule has 1 aliphatic carbocycles. The molecular formula is C18H21N3O2. The number of carbonyl (C=O) groups is 1. The molecule has 0 radical (unpaired) electrons. The number of amides is 1. The fourth-order valence-corrected chi connectivity index (χ4v) is 2.12. The Bertz CT molecular complexity index is 664. The number of hydrogen-bond donors (Lipinski definition) is 2. The quantitative estimate of drug-likeness (QED) is 0.859. The van der Waals surface area contributed by atoms with Gasteiger partial charge in [-0.05, 0) is 56.5 Å². The largest absolute Gasteiger partial charge is 0.439 e. The van der Waals surface area contributed by atoms with Gasteiger partial charge in [0.15, 0.2) is 0 Å². The molecule has 1 aromatic carbocycles. The Morgan fingerprint density at radius 3 is 2.57 bits per heavy atom. The Labute approximate surface area is 136 Å². The van der Waals surface area contributed by atoms with Crippen molar-refractivity contribution in [3.63, 3.8) is 0 Å². The average Bonchev–Trinajstić information content (AvgIpc) is 3.35. The van der Waals surface area contributed by atoms with E-state index in [1.165, 1.54) is 0 Å². The Hall–Kier alpha value is -2.56. The van der Waals surface area contributed by atoms with E-state index in [2.05, 4.69) is 15.6 Å². The van der Waals surface area contributed by atoms with Crippen molar-refractivity contribution in [1.82, 2.24) is 10.3 Å². The second-order valence-corrected chi connectivity index (χ2v) is 5.95. The van der Waals surface area contributed by atoms with Crippen LogP contribution in [0, 0.1) is 6.92 Å². The molecule has 1 fully saturated rings. The summed E-state index contributed by atoms with van der Waals surface area (Å²) in [5.41, 5.74) is 1.98. The van der Waals surface area contributed by atoms with E-state index < -0.39 is 0 Å². The first-order valence-corrected chi connectivity index (χ1v) is 7.87. The van der Waals surface area contributed by atoms with Crippen molar-refractivity contribution in [2.45, 2.75) is 38.8 Å². The predicted molar refractivity (Wildman–Crippen MR) is 89.7 cm³/mol. The van der Waals surface area contributed by atoms with Crippen LogP contribution in [0.25, 0.3) is 0 Å². The van der Waals surface area contributed by atoms with E-state index in [1.807, 2.05) is 50.2 Å². The molecule has 5 nitrogen and oxygen atoms in total. The lowest BCUT2D eigenvalue weighted by atomic mass is 10.2. The highest BCUT2D eigenvalue weighted by Gasteiger charge is 2.25. The molecule has 23 heavy (non-hydrogen) atoms. The summed E-state index contributed by atoms with van der Waals surface area (Å²) in [6.07, 6.45) is 3.96. The highest BCUT2D eigenvalue weighted by molar-refractivity contribution is 5.84. The Balaban J connectivity index is 1.55. The molecule has 2 N–H and O–H groups in total. The lowest BCUT2D eigenvalue weighted by Gasteiger charge is -2.15. The smallest absolute Gasteiger partial charge is 0.242 e. The number of nitrogens with one attached hydrogen (secondary N) is 2. The summed E-state index contributed by atoms with van der Waals surface area (Å²) in [4.78, 5) is 16.1. The standard InChI is InChI=1S/C18H21N3O2/c1-12-3-10-17(19-11-12)23-16-8-6-14(7-9-16)20-13(2)18(22)21-15-4-5-15/h3,6-11,13,15,20H,4-5H2,1-2H3,(H,21,22)/t13-/m1/s1. The molecule has 1 amide bonds. The first-order chi connectivity index (χ1) is 11.1. The van der Waals surface area contributed by atoms with Crippen LogP contribution in [0.15, 0.2) is 42.6 Å². The zero-order chi connectivity index (χ0) is 16.2. The lowest BCUT2D eigenvalue weighted by Crippen LogP contribution is -2.38. The minimum atomic E-state index is -0.263. The number of anilines is 1. The van der Waals surface area contributed by atoms with Crippen molar-refractivity contribution in [1.29, 1.82) is 0 Å². The fraction of sp³-hybridized carbons (Fsp3) is 0.333. The molecule has 120 valence electrons. The van der Waals surface area contributed by atoms with Crippen LogP contribution in [0.5, 0.6) is 11.6 Å². The van der Waals surface area contributed by atoms with Gasteiger partial charge >= 0.3 is 0 Å². The lowest BCUT2D eigenvalue weighted by molar-refractivity contribution is -0.121. The third-order valence-electron chi connectivity index (χ3n) is 3.66. The summed E-state index contributed by atoms with van der Waals surface area (Å²) in [5.74, 6) is 1.31. The van der Waals surface area contributed by atoms with Crippen LogP contribution < -0.4 is 15.4 Å². The van der Waals surface area contributed by atoms with Gasteiger partial charge in [0.1, 0.15) is 11.8 Å². The molecule has 0 spiro atoms. The third-order valence-corrected chi connectivity index (χ3v) is 3.66. The van der Waals surface area contributed by atoms with Crippen LogP contribution in [0.4, 0.5) is 5.69 Å². The average molecular weight is 311 g/mol. The van der Waals surface area contributed by atoms with Gasteiger partial charge in [-0.2, -0.15) is 0 Å². The molecule has 1 aromatic heterocycles. The van der Waals surface area contributed by atoms with E-state index in [4.69, 9.17) is 4.74 Å². The van der Waals surface area contributed by atoms with Crippen molar-refractivity contribution in [2.24, 2.45) is 0 Å². The number of benzene rings is 1. The summed E-state index contributed by atoms with van der Waals surface area (Å²) >= 11 is 0.